The Kier molecular flexibility index (Phi) is 5.05. The molecule has 1 saturated carbocycles. The van der Waals surface area contributed by atoms with Gasteiger partial charge in [0.05, 0.1) is 5.92 Å². The average Bonchev–Trinajstić information content (AvgIpc) is 3.40. The molecule has 0 spiro atoms. The lowest BCUT2D eigenvalue weighted by Crippen LogP contribution is -2.41. The number of hydrogen-bond acceptors (Lipinski definition) is 4. The van der Waals surface area contributed by atoms with Gasteiger partial charge in [-0.25, -0.2) is 0 Å². The summed E-state index contributed by atoms with van der Waals surface area (Å²) in [5.74, 6) is 2.04. The van der Waals surface area contributed by atoms with Gasteiger partial charge in [0.25, 0.3) is 0 Å². The molecule has 138 valence electrons. The van der Waals surface area contributed by atoms with Gasteiger partial charge < -0.3 is 9.42 Å². The van der Waals surface area contributed by atoms with Gasteiger partial charge in [-0.05, 0) is 37.7 Å². The molecule has 1 aromatic heterocycles. The quantitative estimate of drug-likeness (QED) is 0.827. The first-order chi connectivity index (χ1) is 12.7. The summed E-state index contributed by atoms with van der Waals surface area (Å²) >= 11 is 0. The first kappa shape index (κ1) is 17.3. The van der Waals surface area contributed by atoms with Gasteiger partial charge >= 0.3 is 0 Å². The topological polar surface area (TPSA) is 59.2 Å². The fourth-order valence-electron chi connectivity index (χ4n) is 4.22. The molecule has 26 heavy (non-hydrogen) atoms. The van der Waals surface area contributed by atoms with E-state index in [4.69, 9.17) is 4.52 Å². The molecule has 1 aromatic carbocycles. The number of aromatic nitrogens is 2. The molecular formula is C21H27N3O2. The number of rotatable bonds is 4. The first-order valence-corrected chi connectivity index (χ1v) is 9.96. The molecule has 1 atom stereocenters. The molecule has 2 heterocycles. The summed E-state index contributed by atoms with van der Waals surface area (Å²) in [5.41, 5.74) is 2.28. The summed E-state index contributed by atoms with van der Waals surface area (Å²) < 4.78 is 5.57. The Bertz CT molecular complexity index is 747. The molecule has 1 aliphatic heterocycles. The second kappa shape index (κ2) is 7.60. The maximum atomic E-state index is 12.7. The predicted octanol–water partition coefficient (Wildman–Crippen LogP) is 4.20. The second-order valence-corrected chi connectivity index (χ2v) is 7.61. The van der Waals surface area contributed by atoms with E-state index in [2.05, 4.69) is 29.2 Å². The van der Waals surface area contributed by atoms with E-state index in [9.17, 15) is 4.79 Å². The minimum absolute atomic E-state index is 0.158. The number of amides is 1. The van der Waals surface area contributed by atoms with E-state index in [1.807, 2.05) is 17.0 Å². The number of nitrogens with zero attached hydrogens (tertiary/aromatic N) is 3. The normalized spacial score (nSPS) is 21.3. The molecular weight excluding hydrogens is 326 g/mol. The van der Waals surface area contributed by atoms with Crippen LogP contribution in [0.5, 0.6) is 0 Å². The van der Waals surface area contributed by atoms with Gasteiger partial charge in [0.15, 0.2) is 0 Å². The fourth-order valence-corrected chi connectivity index (χ4v) is 4.22. The van der Waals surface area contributed by atoms with Crippen LogP contribution in [0, 0.1) is 5.92 Å². The fraction of sp³-hybridized carbons (Fsp3) is 0.571. The van der Waals surface area contributed by atoms with Crippen LogP contribution in [0.4, 0.5) is 0 Å². The van der Waals surface area contributed by atoms with Crippen LogP contribution in [-0.4, -0.2) is 34.0 Å². The van der Waals surface area contributed by atoms with Gasteiger partial charge in [0, 0.05) is 24.6 Å². The van der Waals surface area contributed by atoms with Crippen LogP contribution in [0.15, 0.2) is 28.8 Å². The first-order valence-electron chi connectivity index (χ1n) is 9.96. The predicted molar refractivity (Wildman–Crippen MR) is 99.6 cm³/mol. The van der Waals surface area contributed by atoms with Crippen molar-refractivity contribution >= 4 is 5.91 Å². The highest BCUT2D eigenvalue weighted by molar-refractivity contribution is 5.79. The van der Waals surface area contributed by atoms with Gasteiger partial charge in [0.1, 0.15) is 0 Å². The highest BCUT2D eigenvalue weighted by Crippen LogP contribution is 2.31. The lowest BCUT2D eigenvalue weighted by atomic mass is 9.96. The number of benzene rings is 1. The summed E-state index contributed by atoms with van der Waals surface area (Å²) in [6.07, 6.45) is 7.52. The molecule has 0 radical (unpaired) electrons. The van der Waals surface area contributed by atoms with Gasteiger partial charge in [-0.2, -0.15) is 4.98 Å². The maximum absolute atomic E-state index is 12.7. The van der Waals surface area contributed by atoms with Crippen LogP contribution in [0.25, 0.3) is 11.4 Å². The molecule has 1 saturated heterocycles. The lowest BCUT2D eigenvalue weighted by Gasteiger charge is -2.32. The van der Waals surface area contributed by atoms with Crippen molar-refractivity contribution < 1.29 is 9.32 Å². The van der Waals surface area contributed by atoms with Crippen LogP contribution in [0.2, 0.25) is 0 Å². The number of aryl methyl sites for hydroxylation is 1. The Morgan fingerprint density at radius 2 is 1.92 bits per heavy atom. The molecule has 2 aromatic rings. The van der Waals surface area contributed by atoms with E-state index in [-0.39, 0.29) is 11.8 Å². The summed E-state index contributed by atoms with van der Waals surface area (Å²) in [4.78, 5) is 19.4. The molecule has 1 unspecified atom stereocenters. The molecule has 1 amide bonds. The largest absolute Gasteiger partial charge is 0.342 e. The van der Waals surface area contributed by atoms with E-state index in [1.54, 1.807) is 0 Å². The lowest BCUT2D eigenvalue weighted by molar-refractivity contribution is -0.136. The van der Waals surface area contributed by atoms with Crippen LogP contribution in [-0.2, 0) is 11.2 Å². The minimum Gasteiger partial charge on any atom is -0.342 e. The van der Waals surface area contributed by atoms with Crippen molar-refractivity contribution in [3.63, 3.8) is 0 Å². The molecule has 0 bridgehead atoms. The molecule has 4 rings (SSSR count). The molecule has 2 aliphatic rings. The van der Waals surface area contributed by atoms with Crippen molar-refractivity contribution in [1.82, 2.24) is 15.0 Å². The van der Waals surface area contributed by atoms with Crippen molar-refractivity contribution in [2.24, 2.45) is 5.92 Å². The maximum Gasteiger partial charge on any atom is 0.231 e. The Morgan fingerprint density at radius 3 is 2.65 bits per heavy atom. The van der Waals surface area contributed by atoms with E-state index in [0.717, 1.165) is 44.2 Å². The Morgan fingerprint density at radius 1 is 1.15 bits per heavy atom. The number of piperidine rings is 1. The van der Waals surface area contributed by atoms with Gasteiger partial charge in [0.2, 0.25) is 17.6 Å². The summed E-state index contributed by atoms with van der Waals surface area (Å²) in [7, 11) is 0. The van der Waals surface area contributed by atoms with Crippen molar-refractivity contribution in [3.8, 4) is 11.4 Å². The molecule has 0 N–H and O–H groups in total. The third-order valence-corrected chi connectivity index (χ3v) is 5.85. The summed E-state index contributed by atoms with van der Waals surface area (Å²) in [6.45, 7) is 3.72. The Labute approximate surface area is 154 Å². The molecule has 5 heteroatoms. The average molecular weight is 353 g/mol. The Balaban J connectivity index is 1.45. The smallest absolute Gasteiger partial charge is 0.231 e. The summed E-state index contributed by atoms with van der Waals surface area (Å²) in [6, 6.07) is 8.30. The van der Waals surface area contributed by atoms with E-state index in [0.29, 0.717) is 24.2 Å². The van der Waals surface area contributed by atoms with Gasteiger partial charge in [-0.1, -0.05) is 49.2 Å². The third-order valence-electron chi connectivity index (χ3n) is 5.85. The monoisotopic (exact) mass is 353 g/mol. The molecule has 1 aliphatic carbocycles. The minimum atomic E-state index is 0.158. The van der Waals surface area contributed by atoms with Crippen molar-refractivity contribution in [2.75, 3.05) is 13.1 Å². The standard InChI is InChI=1S/C21H27N3O2/c1-2-15-9-11-16(12-10-15)19-22-20(26-23-19)18-8-5-13-24(14-18)21(25)17-6-3-4-7-17/h9-12,17-18H,2-8,13-14H2,1H3. The number of hydrogen-bond donors (Lipinski definition) is 0. The third kappa shape index (κ3) is 3.53. The van der Waals surface area contributed by atoms with Crippen LogP contribution >= 0.6 is 0 Å². The van der Waals surface area contributed by atoms with Crippen molar-refractivity contribution in [1.29, 1.82) is 0 Å². The van der Waals surface area contributed by atoms with Gasteiger partial charge in [-0.3, -0.25) is 4.79 Å². The summed E-state index contributed by atoms with van der Waals surface area (Å²) in [5, 5.41) is 4.17. The van der Waals surface area contributed by atoms with Crippen molar-refractivity contribution in [3.05, 3.63) is 35.7 Å². The Hall–Kier alpha value is -2.17. The number of carbonyl (C=O) groups excluding carboxylic acids is 1. The highest BCUT2D eigenvalue weighted by Gasteiger charge is 2.33. The van der Waals surface area contributed by atoms with Crippen LogP contribution in [0.1, 0.15) is 62.8 Å². The second-order valence-electron chi connectivity index (χ2n) is 7.61. The number of likely N-dealkylation sites (tertiary alicyclic amines) is 1. The molecule has 2 fully saturated rings. The SMILES string of the molecule is CCc1ccc(-c2noc(C3CCCN(C(=O)C4CCCC4)C3)n2)cc1. The molecule has 5 nitrogen and oxygen atoms in total. The highest BCUT2D eigenvalue weighted by atomic mass is 16.5. The van der Waals surface area contributed by atoms with E-state index in [1.165, 1.54) is 18.4 Å². The van der Waals surface area contributed by atoms with E-state index >= 15 is 0 Å². The number of carbonyl (C=O) groups is 1. The van der Waals surface area contributed by atoms with Crippen LogP contribution < -0.4 is 0 Å². The zero-order chi connectivity index (χ0) is 17.9. The van der Waals surface area contributed by atoms with Crippen LogP contribution in [0.3, 0.4) is 0 Å². The van der Waals surface area contributed by atoms with E-state index < -0.39 is 0 Å². The zero-order valence-corrected chi connectivity index (χ0v) is 15.5. The zero-order valence-electron chi connectivity index (χ0n) is 15.5. The van der Waals surface area contributed by atoms with Gasteiger partial charge in [-0.15, -0.1) is 0 Å². The van der Waals surface area contributed by atoms with Crippen molar-refractivity contribution in [2.45, 2.75) is 57.8 Å².